The quantitative estimate of drug-likeness (QED) is 0.540. The van der Waals surface area contributed by atoms with Crippen molar-refractivity contribution in [2.45, 2.75) is 104 Å². The maximum Gasteiger partial charge on any atom is 0.239 e. The van der Waals surface area contributed by atoms with Crippen LogP contribution in [-0.4, -0.2) is 25.6 Å². The molecule has 0 aromatic rings. The van der Waals surface area contributed by atoms with Crippen LogP contribution >= 0.6 is 0 Å². The monoisotopic (exact) mass is 371 g/mol. The van der Waals surface area contributed by atoms with Crippen LogP contribution in [-0.2, 0) is 0 Å². The van der Waals surface area contributed by atoms with Crippen LogP contribution in [0.4, 0.5) is 0 Å². The van der Waals surface area contributed by atoms with Crippen molar-refractivity contribution in [1.29, 1.82) is 0 Å². The summed E-state index contributed by atoms with van der Waals surface area (Å²) in [5.74, 6) is 0. The van der Waals surface area contributed by atoms with E-state index in [1.807, 2.05) is 0 Å². The fourth-order valence-electron chi connectivity index (χ4n) is 1.81. The van der Waals surface area contributed by atoms with Gasteiger partial charge in [0.1, 0.15) is 16.5 Å². The van der Waals surface area contributed by atoms with Crippen LogP contribution in [0.2, 0.25) is 36.3 Å². The first-order valence-electron chi connectivity index (χ1n) is 9.20. The van der Waals surface area contributed by atoms with E-state index in [2.05, 4.69) is 96.6 Å². The van der Waals surface area contributed by atoms with E-state index in [0.717, 1.165) is 0 Å². The Kier molecular flexibility index (Phi) is 8.24. The van der Waals surface area contributed by atoms with E-state index in [4.69, 9.17) is 0 Å². The van der Waals surface area contributed by atoms with E-state index in [1.54, 1.807) is 5.57 Å². The summed E-state index contributed by atoms with van der Waals surface area (Å²) in [6, 6.07) is 0. The summed E-state index contributed by atoms with van der Waals surface area (Å²) >= 11 is 0. The maximum atomic E-state index is 4.15. The predicted molar refractivity (Wildman–Crippen MR) is 115 cm³/mol. The smallest absolute Gasteiger partial charge is 0.239 e. The second-order valence-electron chi connectivity index (χ2n) is 9.92. The number of allylic oxidation sites excluding steroid dienone is 1. The van der Waals surface area contributed by atoms with E-state index in [9.17, 15) is 0 Å². The molecule has 0 saturated heterocycles. The van der Waals surface area contributed by atoms with Crippen molar-refractivity contribution in [3.63, 3.8) is 0 Å². The zero-order chi connectivity index (χ0) is 18.7. The van der Waals surface area contributed by atoms with Crippen LogP contribution in [0, 0.1) is 0 Å². The molecule has 0 amide bonds. The van der Waals surface area contributed by atoms with Crippen LogP contribution in [0.3, 0.4) is 0 Å². The summed E-state index contributed by atoms with van der Waals surface area (Å²) in [4.78, 5) is 0. The molecule has 23 heavy (non-hydrogen) atoms. The fraction of sp³-hybridized carbons (Fsp3) is 0.889. The molecule has 137 valence electrons. The van der Waals surface area contributed by atoms with Crippen LogP contribution in [0.5, 0.6) is 0 Å². The molecule has 0 rings (SSSR count). The molecule has 0 heterocycles. The van der Waals surface area contributed by atoms with E-state index in [0.29, 0.717) is 10.1 Å². The van der Waals surface area contributed by atoms with Crippen molar-refractivity contribution < 1.29 is 0 Å². The molecule has 0 saturated carbocycles. The van der Waals surface area contributed by atoms with Gasteiger partial charge in [0, 0.05) is 0 Å². The first-order chi connectivity index (χ1) is 10.1. The standard InChI is InChI=1S/C18H43N2Si3/c1-13-16(14-2)15-21(19-22(9,10)17(3,4)5)20-23(11,12)18(6,7)8/h15,19-20H,13-14H2,1-12H3. The Hall–Kier alpha value is 0.311. The first-order valence-corrected chi connectivity index (χ1v) is 16.8. The third-order valence-electron chi connectivity index (χ3n) is 5.90. The first kappa shape index (κ1) is 23.3. The Bertz CT molecular complexity index is 367. The van der Waals surface area contributed by atoms with Crippen molar-refractivity contribution in [2.24, 2.45) is 0 Å². The average Bonchev–Trinajstić information content (AvgIpc) is 2.31. The zero-order valence-corrected chi connectivity index (χ0v) is 21.0. The lowest BCUT2D eigenvalue weighted by Crippen LogP contribution is -2.68. The summed E-state index contributed by atoms with van der Waals surface area (Å²) in [5.41, 5.74) is 4.17. The van der Waals surface area contributed by atoms with Crippen LogP contribution in [0.1, 0.15) is 68.2 Å². The summed E-state index contributed by atoms with van der Waals surface area (Å²) < 4.78 is 8.30. The Morgan fingerprint density at radius 3 is 1.30 bits per heavy atom. The van der Waals surface area contributed by atoms with Gasteiger partial charge in [0.15, 0.2) is 0 Å². The Morgan fingerprint density at radius 1 is 0.783 bits per heavy atom. The topological polar surface area (TPSA) is 24.1 Å². The van der Waals surface area contributed by atoms with E-state index in [-0.39, 0.29) is 0 Å². The molecule has 0 aliphatic rings. The molecule has 1 radical (unpaired) electrons. The molecule has 5 heteroatoms. The summed E-state index contributed by atoms with van der Waals surface area (Å²) in [6.07, 6.45) is 2.34. The van der Waals surface area contributed by atoms with E-state index >= 15 is 0 Å². The second kappa shape index (κ2) is 8.13. The van der Waals surface area contributed by atoms with Crippen molar-refractivity contribution in [2.75, 3.05) is 0 Å². The second-order valence-corrected chi connectivity index (χ2v) is 22.5. The Labute approximate surface area is 150 Å². The lowest BCUT2D eigenvalue weighted by Gasteiger charge is -2.44. The third-order valence-corrected chi connectivity index (χ3v) is 21.3. The minimum Gasteiger partial charge on any atom is -0.344 e. The molecule has 0 unspecified atom stereocenters. The zero-order valence-electron chi connectivity index (χ0n) is 18.0. The molecule has 0 atom stereocenters. The molecule has 0 bridgehead atoms. The van der Waals surface area contributed by atoms with Gasteiger partial charge in [0.25, 0.3) is 0 Å². The van der Waals surface area contributed by atoms with Gasteiger partial charge >= 0.3 is 0 Å². The number of nitrogens with one attached hydrogen (secondary N) is 2. The van der Waals surface area contributed by atoms with Gasteiger partial charge in [-0.15, -0.1) is 0 Å². The molecule has 0 aliphatic carbocycles. The number of hydrogen-bond donors (Lipinski definition) is 2. The molecular formula is C18H43N2Si3. The Balaban J connectivity index is 5.56. The van der Waals surface area contributed by atoms with Gasteiger partial charge in [-0.1, -0.05) is 92.9 Å². The van der Waals surface area contributed by atoms with Gasteiger partial charge in [-0.25, -0.2) is 0 Å². The summed E-state index contributed by atoms with van der Waals surface area (Å²) in [6.45, 7) is 28.8. The highest BCUT2D eigenvalue weighted by atomic mass is 28.4. The Morgan fingerprint density at radius 2 is 1.09 bits per heavy atom. The summed E-state index contributed by atoms with van der Waals surface area (Å²) in [5, 5.41) is 0.731. The molecule has 2 N–H and O–H groups in total. The van der Waals surface area contributed by atoms with Crippen LogP contribution < -0.4 is 9.30 Å². The predicted octanol–water partition coefficient (Wildman–Crippen LogP) is 5.95. The third kappa shape index (κ3) is 6.98. The minimum atomic E-state index is -1.51. The fourth-order valence-corrected chi connectivity index (χ4v) is 12.4. The molecule has 0 fully saturated rings. The summed E-state index contributed by atoms with van der Waals surface area (Å²) in [7, 11) is -3.90. The van der Waals surface area contributed by atoms with Gasteiger partial charge in [0.05, 0.1) is 0 Å². The van der Waals surface area contributed by atoms with E-state index in [1.165, 1.54) is 12.8 Å². The SMILES string of the molecule is CCC(=C[Si](N[Si](C)(C)C(C)(C)C)N[Si](C)(C)C(C)(C)C)CC. The molecule has 2 nitrogen and oxygen atoms in total. The maximum absolute atomic E-state index is 4.15. The number of rotatable bonds is 7. The minimum absolute atomic E-state index is 0.366. The lowest BCUT2D eigenvalue weighted by atomic mass is 10.2. The number of hydrogen-bond acceptors (Lipinski definition) is 2. The molecule has 0 spiro atoms. The van der Waals surface area contributed by atoms with E-state index < -0.39 is 25.6 Å². The molecule has 0 aliphatic heterocycles. The van der Waals surface area contributed by atoms with Crippen molar-refractivity contribution in [3.8, 4) is 0 Å². The van der Waals surface area contributed by atoms with Gasteiger partial charge in [-0.05, 0) is 22.9 Å². The van der Waals surface area contributed by atoms with Crippen molar-refractivity contribution in [1.82, 2.24) is 9.30 Å². The van der Waals surface area contributed by atoms with Gasteiger partial charge < -0.3 is 9.30 Å². The highest BCUT2D eigenvalue weighted by molar-refractivity contribution is 6.93. The lowest BCUT2D eigenvalue weighted by molar-refractivity contribution is 0.704. The van der Waals surface area contributed by atoms with Gasteiger partial charge in [-0.3, -0.25) is 0 Å². The van der Waals surface area contributed by atoms with Crippen molar-refractivity contribution in [3.05, 3.63) is 11.3 Å². The average molecular weight is 372 g/mol. The highest BCUT2D eigenvalue weighted by Gasteiger charge is 2.41. The van der Waals surface area contributed by atoms with Crippen LogP contribution in [0.25, 0.3) is 0 Å². The molecule has 0 aromatic heterocycles. The van der Waals surface area contributed by atoms with Gasteiger partial charge in [-0.2, -0.15) is 0 Å². The van der Waals surface area contributed by atoms with Crippen molar-refractivity contribution >= 4 is 25.6 Å². The highest BCUT2D eigenvalue weighted by Crippen LogP contribution is 2.36. The van der Waals surface area contributed by atoms with Crippen LogP contribution in [0.15, 0.2) is 11.3 Å². The normalized spacial score (nSPS) is 14.3. The molecule has 0 aromatic carbocycles. The largest absolute Gasteiger partial charge is 0.344 e. The molecular weight excluding hydrogens is 328 g/mol. The van der Waals surface area contributed by atoms with Gasteiger partial charge in [0.2, 0.25) is 9.12 Å².